The maximum atomic E-state index is 11.9. The van der Waals surface area contributed by atoms with Gasteiger partial charge in [-0.15, -0.1) is 19.6 Å². The number of terminal acetylenes is 1. The number of hydrogen-bond acceptors (Lipinski definition) is 1. The van der Waals surface area contributed by atoms with Gasteiger partial charge in [0, 0.05) is 4.47 Å². The molecule has 0 unspecified atom stereocenters. The third kappa shape index (κ3) is 2.96. The van der Waals surface area contributed by atoms with E-state index in [1.807, 2.05) is 0 Å². The highest BCUT2D eigenvalue weighted by Gasteiger charge is 2.32. The SMILES string of the molecule is C#Cc1ccc(Br)cc1OC(F)(F)F. The Balaban J connectivity index is 3.07. The highest BCUT2D eigenvalue weighted by molar-refractivity contribution is 9.10. The number of benzene rings is 1. The third-order valence-corrected chi connectivity index (χ3v) is 1.82. The van der Waals surface area contributed by atoms with Crippen LogP contribution in [0.15, 0.2) is 22.7 Å². The average molecular weight is 265 g/mol. The Morgan fingerprint density at radius 2 is 2.00 bits per heavy atom. The van der Waals surface area contributed by atoms with Crippen LogP contribution in [0.5, 0.6) is 5.75 Å². The second kappa shape index (κ2) is 3.93. The van der Waals surface area contributed by atoms with Crippen molar-refractivity contribution in [3.63, 3.8) is 0 Å². The number of alkyl halides is 3. The maximum absolute atomic E-state index is 11.9. The monoisotopic (exact) mass is 264 g/mol. The van der Waals surface area contributed by atoms with Gasteiger partial charge in [-0.25, -0.2) is 0 Å². The molecule has 1 nitrogen and oxygen atoms in total. The molecule has 1 aromatic carbocycles. The molecule has 0 fully saturated rings. The highest BCUT2D eigenvalue weighted by Crippen LogP contribution is 2.28. The fraction of sp³-hybridized carbons (Fsp3) is 0.111. The summed E-state index contributed by atoms with van der Waals surface area (Å²) in [6.45, 7) is 0. The molecule has 0 aromatic heterocycles. The Bertz CT molecular complexity index is 379. The second-order valence-electron chi connectivity index (χ2n) is 2.33. The van der Waals surface area contributed by atoms with Crippen molar-refractivity contribution in [2.24, 2.45) is 0 Å². The number of ether oxygens (including phenoxy) is 1. The van der Waals surface area contributed by atoms with Gasteiger partial charge in [0.05, 0.1) is 5.56 Å². The molecule has 0 saturated carbocycles. The summed E-state index contributed by atoms with van der Waals surface area (Å²) in [7, 11) is 0. The Kier molecular flexibility index (Phi) is 3.06. The molecule has 14 heavy (non-hydrogen) atoms. The Morgan fingerprint density at radius 1 is 1.36 bits per heavy atom. The smallest absolute Gasteiger partial charge is 0.404 e. The molecule has 1 rings (SSSR count). The van der Waals surface area contributed by atoms with Gasteiger partial charge in [-0.2, -0.15) is 0 Å². The lowest BCUT2D eigenvalue weighted by molar-refractivity contribution is -0.274. The van der Waals surface area contributed by atoms with Gasteiger partial charge in [0.25, 0.3) is 0 Å². The van der Waals surface area contributed by atoms with E-state index in [2.05, 4.69) is 26.6 Å². The second-order valence-corrected chi connectivity index (χ2v) is 3.25. The summed E-state index contributed by atoms with van der Waals surface area (Å²) in [5.74, 6) is 1.72. The average Bonchev–Trinajstić information content (AvgIpc) is 2.01. The van der Waals surface area contributed by atoms with E-state index in [0.29, 0.717) is 4.47 Å². The van der Waals surface area contributed by atoms with Crippen LogP contribution in [0.3, 0.4) is 0 Å². The lowest BCUT2D eigenvalue weighted by atomic mass is 10.2. The van der Waals surface area contributed by atoms with Gasteiger partial charge in [0.1, 0.15) is 5.75 Å². The van der Waals surface area contributed by atoms with Crippen LogP contribution in [-0.2, 0) is 0 Å². The van der Waals surface area contributed by atoms with E-state index >= 15 is 0 Å². The predicted octanol–water partition coefficient (Wildman–Crippen LogP) is 3.33. The Morgan fingerprint density at radius 3 is 2.50 bits per heavy atom. The first-order chi connectivity index (χ1) is 6.42. The van der Waals surface area contributed by atoms with Gasteiger partial charge >= 0.3 is 6.36 Å². The van der Waals surface area contributed by atoms with Crippen LogP contribution in [0.2, 0.25) is 0 Å². The molecule has 0 saturated heterocycles. The number of hydrogen-bond donors (Lipinski definition) is 0. The molecule has 0 aliphatic carbocycles. The quantitative estimate of drug-likeness (QED) is 0.707. The molecule has 0 radical (unpaired) electrons. The predicted molar refractivity (Wildman–Crippen MR) is 48.8 cm³/mol. The van der Waals surface area contributed by atoms with Crippen molar-refractivity contribution in [1.82, 2.24) is 0 Å². The van der Waals surface area contributed by atoms with E-state index < -0.39 is 6.36 Å². The molecule has 1 aromatic rings. The standard InChI is InChI=1S/C9H4BrF3O/c1-2-6-3-4-7(10)5-8(6)14-9(11,12)13/h1,3-5H. The largest absolute Gasteiger partial charge is 0.573 e. The molecule has 0 atom stereocenters. The molecule has 0 N–H and O–H groups in total. The molecular formula is C9H4BrF3O. The molecule has 74 valence electrons. The molecule has 0 spiro atoms. The maximum Gasteiger partial charge on any atom is 0.573 e. The summed E-state index contributed by atoms with van der Waals surface area (Å²) in [4.78, 5) is 0. The van der Waals surface area contributed by atoms with Crippen LogP contribution in [0.25, 0.3) is 0 Å². The van der Waals surface area contributed by atoms with Gasteiger partial charge in [-0.1, -0.05) is 21.9 Å². The first-order valence-corrected chi connectivity index (χ1v) is 4.23. The fourth-order valence-corrected chi connectivity index (χ4v) is 1.16. The van der Waals surface area contributed by atoms with Crippen LogP contribution < -0.4 is 4.74 Å². The third-order valence-electron chi connectivity index (χ3n) is 1.32. The van der Waals surface area contributed by atoms with Crippen molar-refractivity contribution >= 4 is 15.9 Å². The Hall–Kier alpha value is -1.15. The normalized spacial score (nSPS) is 10.8. The van der Waals surface area contributed by atoms with E-state index in [-0.39, 0.29) is 11.3 Å². The topological polar surface area (TPSA) is 9.23 Å². The molecular weight excluding hydrogens is 261 g/mol. The molecule has 0 amide bonds. The first kappa shape index (κ1) is 10.9. The molecule has 0 bridgehead atoms. The van der Waals surface area contributed by atoms with E-state index in [1.54, 1.807) is 6.07 Å². The minimum atomic E-state index is -4.73. The van der Waals surface area contributed by atoms with Crippen LogP contribution in [-0.4, -0.2) is 6.36 Å². The number of rotatable bonds is 1. The zero-order valence-electron chi connectivity index (χ0n) is 6.73. The van der Waals surface area contributed by atoms with Crippen LogP contribution in [0, 0.1) is 12.3 Å². The first-order valence-electron chi connectivity index (χ1n) is 3.44. The van der Waals surface area contributed by atoms with Crippen LogP contribution >= 0.6 is 15.9 Å². The summed E-state index contributed by atoms with van der Waals surface area (Å²) < 4.78 is 39.9. The highest BCUT2D eigenvalue weighted by atomic mass is 79.9. The zero-order chi connectivity index (χ0) is 10.8. The van der Waals surface area contributed by atoms with Crippen molar-refractivity contribution < 1.29 is 17.9 Å². The van der Waals surface area contributed by atoms with Gasteiger partial charge < -0.3 is 4.74 Å². The van der Waals surface area contributed by atoms with Crippen molar-refractivity contribution in [1.29, 1.82) is 0 Å². The van der Waals surface area contributed by atoms with Gasteiger partial charge in [-0.3, -0.25) is 0 Å². The summed E-state index contributed by atoms with van der Waals surface area (Å²) in [6, 6.07) is 4.08. The summed E-state index contributed by atoms with van der Waals surface area (Å²) >= 11 is 3.02. The summed E-state index contributed by atoms with van der Waals surface area (Å²) in [5.41, 5.74) is 0.0607. The zero-order valence-corrected chi connectivity index (χ0v) is 8.32. The van der Waals surface area contributed by atoms with Crippen LogP contribution in [0.4, 0.5) is 13.2 Å². The van der Waals surface area contributed by atoms with Crippen molar-refractivity contribution in [2.75, 3.05) is 0 Å². The molecule has 0 aliphatic heterocycles. The van der Waals surface area contributed by atoms with Crippen molar-refractivity contribution in [2.45, 2.75) is 6.36 Å². The van der Waals surface area contributed by atoms with Gasteiger partial charge in [-0.05, 0) is 18.2 Å². The number of halogens is 4. The minimum absolute atomic E-state index is 0.0607. The summed E-state index contributed by atoms with van der Waals surface area (Å²) in [5, 5.41) is 0. The van der Waals surface area contributed by atoms with E-state index in [1.165, 1.54) is 12.1 Å². The summed E-state index contributed by atoms with van der Waals surface area (Å²) in [6.07, 6.45) is 0.277. The van der Waals surface area contributed by atoms with Crippen LogP contribution in [0.1, 0.15) is 5.56 Å². The minimum Gasteiger partial charge on any atom is -0.404 e. The lowest BCUT2D eigenvalue weighted by Gasteiger charge is -2.10. The molecule has 0 heterocycles. The van der Waals surface area contributed by atoms with E-state index in [0.717, 1.165) is 0 Å². The van der Waals surface area contributed by atoms with Gasteiger partial charge in [0.15, 0.2) is 0 Å². The molecule has 5 heteroatoms. The van der Waals surface area contributed by atoms with Gasteiger partial charge in [0.2, 0.25) is 0 Å². The van der Waals surface area contributed by atoms with E-state index in [4.69, 9.17) is 6.42 Å². The lowest BCUT2D eigenvalue weighted by Crippen LogP contribution is -2.17. The molecule has 0 aliphatic rings. The van der Waals surface area contributed by atoms with Crippen molar-refractivity contribution in [3.05, 3.63) is 28.2 Å². The van der Waals surface area contributed by atoms with Crippen molar-refractivity contribution in [3.8, 4) is 18.1 Å². The van der Waals surface area contributed by atoms with E-state index in [9.17, 15) is 13.2 Å². The fourth-order valence-electron chi connectivity index (χ4n) is 0.825. The Labute approximate surface area is 87.0 Å².